The first-order valence-electron chi connectivity index (χ1n) is 5.91. The highest BCUT2D eigenvalue weighted by atomic mass is 28.4. The second-order valence-electron chi connectivity index (χ2n) is 3.80. The first-order chi connectivity index (χ1) is 9.05. The molecule has 0 aliphatic carbocycles. The van der Waals surface area contributed by atoms with Gasteiger partial charge in [0.25, 0.3) is 0 Å². The highest BCUT2D eigenvalue weighted by molar-refractivity contribution is 6.60. The lowest BCUT2D eigenvalue weighted by Gasteiger charge is -2.24. The van der Waals surface area contributed by atoms with E-state index in [1.807, 2.05) is 0 Å². The second-order valence-corrected chi connectivity index (χ2v) is 6.89. The van der Waals surface area contributed by atoms with E-state index < -0.39 is 20.8 Å². The average Bonchev–Trinajstić information content (AvgIpc) is 2.43. The van der Waals surface area contributed by atoms with E-state index in [0.29, 0.717) is 12.5 Å². The Hall–Kier alpha value is -1.12. The van der Waals surface area contributed by atoms with E-state index in [4.69, 9.17) is 23.5 Å². The largest absolute Gasteiger partial charge is 0.500 e. The maximum atomic E-state index is 11.3. The molecule has 0 aromatic carbocycles. The summed E-state index contributed by atoms with van der Waals surface area (Å²) >= 11 is 0. The number of ether oxygens (including phenoxy) is 1. The van der Waals surface area contributed by atoms with Gasteiger partial charge in [-0.25, -0.2) is 0 Å². The molecule has 0 saturated heterocycles. The minimum atomic E-state index is -2.54. The van der Waals surface area contributed by atoms with Gasteiger partial charge in [-0.15, -0.1) is 0 Å². The van der Waals surface area contributed by atoms with Crippen molar-refractivity contribution >= 4 is 14.8 Å². The molecule has 0 heterocycles. The molecule has 0 aliphatic rings. The molecule has 0 saturated carbocycles. The van der Waals surface area contributed by atoms with Crippen molar-refractivity contribution in [2.24, 2.45) is 5.11 Å². The van der Waals surface area contributed by atoms with Gasteiger partial charge < -0.3 is 18.0 Å². The van der Waals surface area contributed by atoms with Gasteiger partial charge in [-0.1, -0.05) is 5.11 Å². The second kappa shape index (κ2) is 9.76. The van der Waals surface area contributed by atoms with Crippen LogP contribution in [0.15, 0.2) is 5.11 Å². The molecule has 1 atom stereocenters. The van der Waals surface area contributed by atoms with Crippen LogP contribution in [0, 0.1) is 0 Å². The van der Waals surface area contributed by atoms with Crippen LogP contribution in [0.3, 0.4) is 0 Å². The molecule has 0 spiro atoms. The van der Waals surface area contributed by atoms with Crippen molar-refractivity contribution in [1.82, 2.24) is 0 Å². The van der Waals surface area contributed by atoms with Crippen molar-refractivity contribution in [3.8, 4) is 0 Å². The molecule has 0 aliphatic heterocycles. The zero-order valence-electron chi connectivity index (χ0n) is 11.8. The van der Waals surface area contributed by atoms with E-state index in [1.165, 1.54) is 6.92 Å². The summed E-state index contributed by atoms with van der Waals surface area (Å²) in [7, 11) is 2.13. The van der Waals surface area contributed by atoms with Crippen molar-refractivity contribution in [2.45, 2.75) is 31.9 Å². The van der Waals surface area contributed by atoms with E-state index in [-0.39, 0.29) is 6.61 Å². The predicted octanol–water partition coefficient (Wildman–Crippen LogP) is 1.89. The van der Waals surface area contributed by atoms with Crippen LogP contribution in [-0.2, 0) is 22.8 Å². The molecule has 0 radical (unpaired) electrons. The summed E-state index contributed by atoms with van der Waals surface area (Å²) in [4.78, 5) is 13.9. The van der Waals surface area contributed by atoms with E-state index in [2.05, 4.69) is 10.0 Å². The molecule has 0 N–H and O–H groups in total. The Kier molecular flexibility index (Phi) is 9.18. The molecular formula is C10H21N3O5Si. The van der Waals surface area contributed by atoms with Crippen LogP contribution in [0.25, 0.3) is 10.4 Å². The lowest BCUT2D eigenvalue weighted by atomic mass is 10.3. The van der Waals surface area contributed by atoms with Crippen molar-refractivity contribution in [3.05, 3.63) is 10.4 Å². The number of nitrogens with zero attached hydrogens (tertiary/aromatic N) is 3. The van der Waals surface area contributed by atoms with Gasteiger partial charge in [0, 0.05) is 32.3 Å². The summed E-state index contributed by atoms with van der Waals surface area (Å²) in [5, 5.41) is 3.26. The van der Waals surface area contributed by atoms with Crippen molar-refractivity contribution in [2.75, 3.05) is 27.9 Å². The molecule has 19 heavy (non-hydrogen) atoms. The molecule has 9 heteroatoms. The summed E-state index contributed by atoms with van der Waals surface area (Å²) in [6.07, 6.45) is 1.42. The van der Waals surface area contributed by atoms with E-state index in [9.17, 15) is 4.79 Å². The monoisotopic (exact) mass is 291 g/mol. The number of hydrogen-bond acceptors (Lipinski definition) is 6. The van der Waals surface area contributed by atoms with Gasteiger partial charge in [-0.05, 0) is 25.3 Å². The number of esters is 1. The Morgan fingerprint density at radius 1 is 1.26 bits per heavy atom. The van der Waals surface area contributed by atoms with Crippen LogP contribution in [0.1, 0.15) is 19.8 Å². The topological polar surface area (TPSA) is 103 Å². The predicted molar refractivity (Wildman–Crippen MR) is 70.4 cm³/mol. The Morgan fingerprint density at radius 3 is 2.32 bits per heavy atom. The van der Waals surface area contributed by atoms with E-state index in [1.54, 1.807) is 21.3 Å². The zero-order chi connectivity index (χ0) is 14.7. The average molecular weight is 291 g/mol. The fourth-order valence-electron chi connectivity index (χ4n) is 1.42. The zero-order valence-corrected chi connectivity index (χ0v) is 12.8. The first-order valence-corrected chi connectivity index (χ1v) is 7.84. The number of rotatable bonds is 10. The van der Waals surface area contributed by atoms with E-state index >= 15 is 0 Å². The molecule has 0 fully saturated rings. The highest BCUT2D eigenvalue weighted by Gasteiger charge is 2.36. The number of carbonyl (C=O) groups is 1. The van der Waals surface area contributed by atoms with Gasteiger partial charge in [0.05, 0.1) is 6.61 Å². The number of azide groups is 1. The van der Waals surface area contributed by atoms with Crippen molar-refractivity contribution < 1.29 is 22.8 Å². The van der Waals surface area contributed by atoms with Gasteiger partial charge in [0.15, 0.2) is 0 Å². The summed E-state index contributed by atoms with van der Waals surface area (Å²) in [5.74, 6) is -0.522. The highest BCUT2D eigenvalue weighted by Crippen LogP contribution is 2.16. The number of hydrogen-bond donors (Lipinski definition) is 0. The van der Waals surface area contributed by atoms with Crippen molar-refractivity contribution in [1.29, 1.82) is 0 Å². The maximum Gasteiger partial charge on any atom is 0.500 e. The minimum Gasteiger partial charge on any atom is -0.465 e. The summed E-state index contributed by atoms with van der Waals surface area (Å²) in [6, 6.07) is -0.143. The van der Waals surface area contributed by atoms with Crippen LogP contribution in [-0.4, -0.2) is 48.8 Å². The maximum absolute atomic E-state index is 11.3. The van der Waals surface area contributed by atoms with Gasteiger partial charge in [0.1, 0.15) is 6.04 Å². The third-order valence-electron chi connectivity index (χ3n) is 2.62. The third kappa shape index (κ3) is 6.55. The third-order valence-corrected chi connectivity index (χ3v) is 5.45. The molecule has 0 amide bonds. The smallest absolute Gasteiger partial charge is 0.465 e. The summed E-state index contributed by atoms with van der Waals surface area (Å²) < 4.78 is 20.8. The van der Waals surface area contributed by atoms with Crippen LogP contribution in [0.4, 0.5) is 0 Å². The Morgan fingerprint density at radius 2 is 1.84 bits per heavy atom. The first kappa shape index (κ1) is 17.9. The Bertz CT molecular complexity index is 310. The molecule has 0 bridgehead atoms. The number of carbonyl (C=O) groups excluding carboxylic acids is 1. The quantitative estimate of drug-likeness (QED) is 0.153. The molecule has 0 aromatic heterocycles. The van der Waals surface area contributed by atoms with Gasteiger partial charge >= 0.3 is 14.8 Å². The Labute approximate surface area is 114 Å². The fourth-order valence-corrected chi connectivity index (χ4v) is 3.21. The SMILES string of the molecule is CO[Si](CCCCOC(=O)C(C)N=[N+]=[N-])(OC)OC. The van der Waals surface area contributed by atoms with E-state index in [0.717, 1.165) is 6.42 Å². The van der Waals surface area contributed by atoms with Crippen LogP contribution in [0.5, 0.6) is 0 Å². The molecular weight excluding hydrogens is 270 g/mol. The molecule has 0 rings (SSSR count). The van der Waals surface area contributed by atoms with Gasteiger partial charge in [0.2, 0.25) is 0 Å². The standard InChI is InChI=1S/C10H21N3O5Si/c1-9(12-13-11)10(14)18-7-5-6-8-19(15-2,16-3)17-4/h9H,5-8H2,1-4H3. The number of unbranched alkanes of at least 4 members (excludes halogenated alkanes) is 1. The lowest BCUT2D eigenvalue weighted by Crippen LogP contribution is -2.42. The molecule has 1 unspecified atom stereocenters. The fraction of sp³-hybridized carbons (Fsp3) is 0.900. The lowest BCUT2D eigenvalue weighted by molar-refractivity contribution is -0.144. The van der Waals surface area contributed by atoms with Crippen molar-refractivity contribution in [3.63, 3.8) is 0 Å². The normalized spacial score (nSPS) is 12.6. The molecule has 0 aromatic rings. The summed E-state index contributed by atoms with van der Waals surface area (Å²) in [6.45, 7) is 1.76. The Balaban J connectivity index is 3.87. The van der Waals surface area contributed by atoms with Crippen LogP contribution in [0.2, 0.25) is 6.04 Å². The van der Waals surface area contributed by atoms with Gasteiger partial charge in [-0.2, -0.15) is 0 Å². The van der Waals surface area contributed by atoms with Crippen LogP contribution < -0.4 is 0 Å². The summed E-state index contributed by atoms with van der Waals surface area (Å²) in [5.41, 5.74) is 8.18. The van der Waals surface area contributed by atoms with Crippen LogP contribution >= 0.6 is 0 Å². The van der Waals surface area contributed by atoms with Gasteiger partial charge in [-0.3, -0.25) is 4.79 Å². The molecule has 8 nitrogen and oxygen atoms in total. The molecule has 110 valence electrons. The minimum absolute atomic E-state index is 0.270.